The molecule has 0 fully saturated rings. The number of benzene rings is 2. The van der Waals surface area contributed by atoms with Gasteiger partial charge in [-0.25, -0.2) is 0 Å². The summed E-state index contributed by atoms with van der Waals surface area (Å²) in [6, 6.07) is 17.0. The first-order chi connectivity index (χ1) is 11.6. The van der Waals surface area contributed by atoms with Gasteiger partial charge in [0.2, 0.25) is 0 Å². The summed E-state index contributed by atoms with van der Waals surface area (Å²) < 4.78 is 5.22. The zero-order valence-electron chi connectivity index (χ0n) is 13.8. The summed E-state index contributed by atoms with van der Waals surface area (Å²) in [6.45, 7) is 1.38. The lowest BCUT2D eigenvalue weighted by molar-refractivity contribution is 0.0182. The third kappa shape index (κ3) is 5.58. The third-order valence-electron chi connectivity index (χ3n) is 3.98. The zero-order valence-corrected chi connectivity index (χ0v) is 14.6. The number of aliphatic hydroxyl groups excluding tert-OH is 2. The predicted octanol–water partition coefficient (Wildman–Crippen LogP) is 2.88. The largest absolute Gasteiger partial charge is 0.395 e. The number of rotatable bonds is 9. The Balaban J connectivity index is 2.13. The molecule has 0 aliphatic rings. The van der Waals surface area contributed by atoms with Crippen molar-refractivity contribution in [2.24, 2.45) is 0 Å². The number of methoxy groups -OCH3 is 1. The molecule has 0 aliphatic heterocycles. The summed E-state index contributed by atoms with van der Waals surface area (Å²) in [6.07, 6.45) is -0.670. The van der Waals surface area contributed by atoms with E-state index in [0.29, 0.717) is 24.7 Å². The van der Waals surface area contributed by atoms with Crippen molar-refractivity contribution < 1.29 is 14.9 Å². The predicted molar refractivity (Wildman–Crippen MR) is 96.0 cm³/mol. The average molecular weight is 350 g/mol. The fourth-order valence-electron chi connectivity index (χ4n) is 2.64. The molecule has 1 unspecified atom stereocenters. The molecule has 4 nitrogen and oxygen atoms in total. The Morgan fingerprint density at radius 3 is 2.33 bits per heavy atom. The number of hydrogen-bond acceptors (Lipinski definition) is 4. The van der Waals surface area contributed by atoms with Gasteiger partial charge in [-0.15, -0.1) is 0 Å². The first kappa shape index (κ1) is 18.9. The fourth-order valence-corrected chi connectivity index (χ4v) is 2.77. The van der Waals surface area contributed by atoms with Gasteiger partial charge in [0, 0.05) is 25.2 Å². The zero-order chi connectivity index (χ0) is 17.4. The van der Waals surface area contributed by atoms with E-state index in [9.17, 15) is 10.2 Å². The summed E-state index contributed by atoms with van der Waals surface area (Å²) in [5, 5.41) is 20.9. The number of halogens is 1. The van der Waals surface area contributed by atoms with Crippen LogP contribution < -0.4 is 0 Å². The molecule has 2 aromatic carbocycles. The molecule has 0 saturated carbocycles. The van der Waals surface area contributed by atoms with Gasteiger partial charge in [-0.2, -0.15) is 0 Å². The third-order valence-corrected chi connectivity index (χ3v) is 4.23. The van der Waals surface area contributed by atoms with Crippen molar-refractivity contribution in [3.63, 3.8) is 0 Å². The van der Waals surface area contributed by atoms with Gasteiger partial charge < -0.3 is 14.9 Å². The monoisotopic (exact) mass is 349 g/mol. The Hall–Kier alpha value is -1.43. The van der Waals surface area contributed by atoms with Crippen LogP contribution in [0.4, 0.5) is 0 Å². The van der Waals surface area contributed by atoms with E-state index in [1.807, 2.05) is 47.4 Å². The second-order valence-corrected chi connectivity index (χ2v) is 6.21. The molecule has 0 spiro atoms. The van der Waals surface area contributed by atoms with Crippen molar-refractivity contribution in [3.8, 4) is 0 Å². The minimum Gasteiger partial charge on any atom is -0.395 e. The number of nitrogens with zero attached hydrogens (tertiary/aromatic N) is 1. The van der Waals surface area contributed by atoms with Gasteiger partial charge in [0.1, 0.15) is 0 Å². The molecule has 0 heterocycles. The van der Waals surface area contributed by atoms with Gasteiger partial charge >= 0.3 is 0 Å². The quantitative estimate of drug-likeness (QED) is 0.731. The SMILES string of the molecule is COC[C@H](CO)N(Cc1ccccc1)CC(O)c1ccc(Cl)cc1. The van der Waals surface area contributed by atoms with Crippen LogP contribution in [0.1, 0.15) is 17.2 Å². The molecule has 0 saturated heterocycles. The molecule has 0 amide bonds. The molecule has 5 heteroatoms. The highest BCUT2D eigenvalue weighted by Gasteiger charge is 2.22. The van der Waals surface area contributed by atoms with Crippen LogP contribution in [0.25, 0.3) is 0 Å². The van der Waals surface area contributed by atoms with E-state index >= 15 is 0 Å². The van der Waals surface area contributed by atoms with Gasteiger partial charge in [0.05, 0.1) is 25.4 Å². The van der Waals surface area contributed by atoms with Crippen molar-refractivity contribution in [1.29, 1.82) is 0 Å². The molecule has 0 aliphatic carbocycles. The molecule has 130 valence electrons. The minimum atomic E-state index is -0.670. The standard InChI is InChI=1S/C19H24ClNO3/c1-24-14-18(13-22)21(11-15-5-3-2-4-6-15)12-19(23)16-7-9-17(20)10-8-16/h2-10,18-19,22-23H,11-14H2,1H3/t18-,19?/m0/s1. The molecular formula is C19H24ClNO3. The summed E-state index contributed by atoms with van der Waals surface area (Å²) in [5.41, 5.74) is 1.92. The van der Waals surface area contributed by atoms with Crippen LogP contribution in [0.15, 0.2) is 54.6 Å². The van der Waals surface area contributed by atoms with Crippen molar-refractivity contribution in [2.45, 2.75) is 18.7 Å². The first-order valence-electron chi connectivity index (χ1n) is 7.95. The molecular weight excluding hydrogens is 326 g/mol. The summed E-state index contributed by atoms with van der Waals surface area (Å²) in [4.78, 5) is 2.04. The highest BCUT2D eigenvalue weighted by molar-refractivity contribution is 6.30. The van der Waals surface area contributed by atoms with Crippen LogP contribution in [0.2, 0.25) is 5.02 Å². The minimum absolute atomic E-state index is 0.0337. The molecule has 0 aromatic heterocycles. The average Bonchev–Trinajstić information content (AvgIpc) is 2.60. The van der Waals surface area contributed by atoms with E-state index in [1.54, 1.807) is 19.2 Å². The van der Waals surface area contributed by atoms with Crippen LogP contribution in [0.3, 0.4) is 0 Å². The smallest absolute Gasteiger partial charge is 0.0917 e. The van der Waals surface area contributed by atoms with E-state index in [4.69, 9.17) is 16.3 Å². The summed E-state index contributed by atoms with van der Waals surface area (Å²) in [7, 11) is 1.61. The van der Waals surface area contributed by atoms with Crippen molar-refractivity contribution in [2.75, 3.05) is 26.9 Å². The van der Waals surface area contributed by atoms with Gasteiger partial charge in [-0.3, -0.25) is 4.90 Å². The van der Waals surface area contributed by atoms with Crippen molar-refractivity contribution >= 4 is 11.6 Å². The maximum atomic E-state index is 10.6. The lowest BCUT2D eigenvalue weighted by atomic mass is 10.1. The Labute approximate surface area is 148 Å². The molecule has 24 heavy (non-hydrogen) atoms. The normalized spacial score (nSPS) is 13.9. The van der Waals surface area contributed by atoms with Crippen molar-refractivity contribution in [3.05, 3.63) is 70.7 Å². The van der Waals surface area contributed by atoms with Crippen LogP contribution in [0, 0.1) is 0 Å². The highest BCUT2D eigenvalue weighted by Crippen LogP contribution is 2.20. The van der Waals surface area contributed by atoms with E-state index < -0.39 is 6.10 Å². The fraction of sp³-hybridized carbons (Fsp3) is 0.368. The van der Waals surface area contributed by atoms with E-state index in [1.165, 1.54) is 0 Å². The molecule has 0 bridgehead atoms. The molecule has 2 aromatic rings. The van der Waals surface area contributed by atoms with Crippen LogP contribution in [-0.4, -0.2) is 48.0 Å². The van der Waals surface area contributed by atoms with Crippen LogP contribution in [0.5, 0.6) is 0 Å². The van der Waals surface area contributed by atoms with E-state index in [-0.39, 0.29) is 12.6 Å². The maximum absolute atomic E-state index is 10.6. The first-order valence-corrected chi connectivity index (χ1v) is 8.33. The van der Waals surface area contributed by atoms with Crippen LogP contribution in [-0.2, 0) is 11.3 Å². The topological polar surface area (TPSA) is 52.9 Å². The Morgan fingerprint density at radius 1 is 1.08 bits per heavy atom. The number of hydrogen-bond donors (Lipinski definition) is 2. The lowest BCUT2D eigenvalue weighted by Gasteiger charge is -2.32. The van der Waals surface area contributed by atoms with Crippen LogP contribution >= 0.6 is 11.6 Å². The van der Waals surface area contributed by atoms with Gasteiger partial charge in [-0.1, -0.05) is 54.1 Å². The maximum Gasteiger partial charge on any atom is 0.0917 e. The van der Waals surface area contributed by atoms with Gasteiger partial charge in [0.25, 0.3) is 0 Å². The van der Waals surface area contributed by atoms with E-state index in [2.05, 4.69) is 0 Å². The molecule has 2 N–H and O–H groups in total. The highest BCUT2D eigenvalue weighted by atomic mass is 35.5. The van der Waals surface area contributed by atoms with Gasteiger partial charge in [-0.05, 0) is 23.3 Å². The van der Waals surface area contributed by atoms with Crippen molar-refractivity contribution in [1.82, 2.24) is 4.90 Å². The Morgan fingerprint density at radius 2 is 1.75 bits per heavy atom. The number of ether oxygens (including phenoxy) is 1. The second kappa shape index (κ2) is 9.77. The molecule has 2 atom stereocenters. The summed E-state index contributed by atoms with van der Waals surface area (Å²) in [5.74, 6) is 0. The molecule has 2 rings (SSSR count). The molecule has 0 radical (unpaired) electrons. The van der Waals surface area contributed by atoms with E-state index in [0.717, 1.165) is 11.1 Å². The summed E-state index contributed by atoms with van der Waals surface area (Å²) >= 11 is 5.90. The number of aliphatic hydroxyl groups is 2. The van der Waals surface area contributed by atoms with Gasteiger partial charge in [0.15, 0.2) is 0 Å². The Kier molecular flexibility index (Phi) is 7.69. The Bertz CT molecular complexity index is 591. The lowest BCUT2D eigenvalue weighted by Crippen LogP contribution is -2.42. The second-order valence-electron chi connectivity index (χ2n) is 5.77.